The molecular formula is C11H14N2O. The normalized spacial score (nSPS) is 11.1. The maximum absolute atomic E-state index is 9.03. The summed E-state index contributed by atoms with van der Waals surface area (Å²) in [6, 6.07) is 3.85. The molecule has 2 aromatic heterocycles. The van der Waals surface area contributed by atoms with E-state index in [0.717, 1.165) is 23.3 Å². The summed E-state index contributed by atoms with van der Waals surface area (Å²) in [6.07, 6.45) is 2.91. The molecular weight excluding hydrogens is 176 g/mol. The summed E-state index contributed by atoms with van der Waals surface area (Å²) in [5, 5.41) is 9.03. The van der Waals surface area contributed by atoms with Gasteiger partial charge in [0.15, 0.2) is 0 Å². The minimum absolute atomic E-state index is 0.0797. The number of fused-ring (bicyclic) bond motifs is 1. The summed E-state index contributed by atoms with van der Waals surface area (Å²) >= 11 is 0. The Morgan fingerprint density at radius 2 is 2.21 bits per heavy atom. The molecule has 2 aromatic rings. The standard InChI is InChI=1S/C11H14N2O/c1-3-10-8(2)12-11-5-4-9(7-14)6-13(10)11/h4-6,14H,3,7H2,1-2H3. The molecule has 74 valence electrons. The van der Waals surface area contributed by atoms with Gasteiger partial charge in [-0.05, 0) is 25.0 Å². The second-order valence-corrected chi connectivity index (χ2v) is 3.42. The third-order valence-electron chi connectivity index (χ3n) is 2.50. The summed E-state index contributed by atoms with van der Waals surface area (Å²) in [6.45, 7) is 4.21. The molecule has 0 bridgehead atoms. The van der Waals surface area contributed by atoms with Crippen molar-refractivity contribution in [3.8, 4) is 0 Å². The molecule has 2 rings (SSSR count). The number of pyridine rings is 1. The molecule has 0 unspecified atom stereocenters. The molecule has 0 aliphatic carbocycles. The number of aromatic nitrogens is 2. The number of nitrogens with zero attached hydrogens (tertiary/aromatic N) is 2. The maximum atomic E-state index is 9.03. The fourth-order valence-electron chi connectivity index (χ4n) is 1.77. The highest BCUT2D eigenvalue weighted by molar-refractivity contribution is 5.44. The van der Waals surface area contributed by atoms with Crippen molar-refractivity contribution in [2.75, 3.05) is 0 Å². The van der Waals surface area contributed by atoms with Crippen molar-refractivity contribution in [1.29, 1.82) is 0 Å². The van der Waals surface area contributed by atoms with Gasteiger partial charge in [0.2, 0.25) is 0 Å². The maximum Gasteiger partial charge on any atom is 0.137 e. The van der Waals surface area contributed by atoms with E-state index in [0.29, 0.717) is 0 Å². The Kier molecular flexibility index (Phi) is 2.25. The third-order valence-corrected chi connectivity index (χ3v) is 2.50. The van der Waals surface area contributed by atoms with Gasteiger partial charge in [-0.2, -0.15) is 0 Å². The van der Waals surface area contributed by atoms with Crippen LogP contribution in [0.1, 0.15) is 23.9 Å². The van der Waals surface area contributed by atoms with Gasteiger partial charge in [0.05, 0.1) is 12.3 Å². The summed E-state index contributed by atoms with van der Waals surface area (Å²) in [5.41, 5.74) is 4.17. The molecule has 0 saturated carbocycles. The van der Waals surface area contributed by atoms with Crippen molar-refractivity contribution in [3.63, 3.8) is 0 Å². The molecule has 0 aliphatic heterocycles. The van der Waals surface area contributed by atoms with Crippen molar-refractivity contribution in [1.82, 2.24) is 9.38 Å². The average Bonchev–Trinajstić information content (AvgIpc) is 2.52. The van der Waals surface area contributed by atoms with Crippen molar-refractivity contribution in [2.45, 2.75) is 26.9 Å². The largest absolute Gasteiger partial charge is 0.392 e. The Hall–Kier alpha value is -1.35. The van der Waals surface area contributed by atoms with E-state index < -0.39 is 0 Å². The zero-order valence-electron chi connectivity index (χ0n) is 8.49. The van der Waals surface area contributed by atoms with Gasteiger partial charge in [-0.15, -0.1) is 0 Å². The molecule has 0 atom stereocenters. The number of imidazole rings is 1. The van der Waals surface area contributed by atoms with Crippen LogP contribution in [0, 0.1) is 6.92 Å². The zero-order chi connectivity index (χ0) is 10.1. The van der Waals surface area contributed by atoms with Gasteiger partial charge in [-0.1, -0.05) is 13.0 Å². The van der Waals surface area contributed by atoms with Crippen LogP contribution in [0.5, 0.6) is 0 Å². The lowest BCUT2D eigenvalue weighted by molar-refractivity contribution is 0.281. The second-order valence-electron chi connectivity index (χ2n) is 3.42. The predicted octanol–water partition coefficient (Wildman–Crippen LogP) is 1.70. The first-order chi connectivity index (χ1) is 6.76. The highest BCUT2D eigenvalue weighted by atomic mass is 16.3. The monoisotopic (exact) mass is 190 g/mol. The summed E-state index contributed by atoms with van der Waals surface area (Å²) in [7, 11) is 0. The molecule has 3 nitrogen and oxygen atoms in total. The van der Waals surface area contributed by atoms with Gasteiger partial charge in [0.25, 0.3) is 0 Å². The molecule has 0 spiro atoms. The van der Waals surface area contributed by atoms with Crippen LogP contribution in [0.15, 0.2) is 18.3 Å². The van der Waals surface area contributed by atoms with E-state index in [2.05, 4.69) is 16.3 Å². The second kappa shape index (κ2) is 3.42. The van der Waals surface area contributed by atoms with Crippen LogP contribution in [0.4, 0.5) is 0 Å². The molecule has 0 aliphatic rings. The van der Waals surface area contributed by atoms with Crippen molar-refractivity contribution in [3.05, 3.63) is 35.3 Å². The lowest BCUT2D eigenvalue weighted by Gasteiger charge is -2.01. The molecule has 2 heterocycles. The lowest BCUT2D eigenvalue weighted by Crippen LogP contribution is -1.94. The number of aryl methyl sites for hydroxylation is 2. The summed E-state index contributed by atoms with van der Waals surface area (Å²) < 4.78 is 2.06. The Morgan fingerprint density at radius 3 is 2.86 bits per heavy atom. The first-order valence-corrected chi connectivity index (χ1v) is 4.83. The van der Waals surface area contributed by atoms with Crippen LogP contribution < -0.4 is 0 Å². The van der Waals surface area contributed by atoms with E-state index in [4.69, 9.17) is 5.11 Å². The highest BCUT2D eigenvalue weighted by Crippen LogP contribution is 2.13. The van der Waals surface area contributed by atoms with Crippen LogP contribution >= 0.6 is 0 Å². The first kappa shape index (κ1) is 9.21. The average molecular weight is 190 g/mol. The van der Waals surface area contributed by atoms with Gasteiger partial charge in [0.1, 0.15) is 5.65 Å². The fourth-order valence-corrected chi connectivity index (χ4v) is 1.77. The Bertz CT molecular complexity index is 460. The van der Waals surface area contributed by atoms with Crippen LogP contribution in [0.25, 0.3) is 5.65 Å². The third kappa shape index (κ3) is 1.30. The molecule has 0 amide bonds. The van der Waals surface area contributed by atoms with Crippen molar-refractivity contribution < 1.29 is 5.11 Å². The molecule has 0 fully saturated rings. The van der Waals surface area contributed by atoms with Crippen LogP contribution in [-0.2, 0) is 13.0 Å². The summed E-state index contributed by atoms with van der Waals surface area (Å²) in [4.78, 5) is 4.44. The van der Waals surface area contributed by atoms with Crippen LogP contribution in [-0.4, -0.2) is 14.5 Å². The summed E-state index contributed by atoms with van der Waals surface area (Å²) in [5.74, 6) is 0. The molecule has 0 saturated heterocycles. The minimum atomic E-state index is 0.0797. The molecule has 0 aromatic carbocycles. The zero-order valence-corrected chi connectivity index (χ0v) is 8.49. The van der Waals surface area contributed by atoms with Gasteiger partial charge in [-0.25, -0.2) is 4.98 Å². The SMILES string of the molecule is CCc1c(C)nc2ccc(CO)cn12. The van der Waals surface area contributed by atoms with E-state index >= 15 is 0 Å². The topological polar surface area (TPSA) is 37.5 Å². The first-order valence-electron chi connectivity index (χ1n) is 4.83. The number of rotatable bonds is 2. The smallest absolute Gasteiger partial charge is 0.137 e. The van der Waals surface area contributed by atoms with E-state index in [1.807, 2.05) is 25.3 Å². The van der Waals surface area contributed by atoms with Gasteiger partial charge in [-0.3, -0.25) is 0 Å². The number of hydrogen-bond donors (Lipinski definition) is 1. The molecule has 3 heteroatoms. The Morgan fingerprint density at radius 1 is 1.43 bits per heavy atom. The quantitative estimate of drug-likeness (QED) is 0.782. The minimum Gasteiger partial charge on any atom is -0.392 e. The van der Waals surface area contributed by atoms with E-state index in [1.165, 1.54) is 5.69 Å². The van der Waals surface area contributed by atoms with E-state index in [9.17, 15) is 0 Å². The number of hydrogen-bond acceptors (Lipinski definition) is 2. The molecule has 1 N–H and O–H groups in total. The number of aliphatic hydroxyl groups excluding tert-OH is 1. The van der Waals surface area contributed by atoms with Crippen LogP contribution in [0.3, 0.4) is 0 Å². The molecule has 14 heavy (non-hydrogen) atoms. The molecule has 0 radical (unpaired) electrons. The Balaban J connectivity index is 2.71. The number of aliphatic hydroxyl groups is 1. The van der Waals surface area contributed by atoms with Gasteiger partial charge in [0, 0.05) is 11.9 Å². The van der Waals surface area contributed by atoms with Gasteiger partial charge >= 0.3 is 0 Å². The van der Waals surface area contributed by atoms with E-state index in [1.54, 1.807) is 0 Å². The Labute approximate surface area is 83.0 Å². The van der Waals surface area contributed by atoms with Crippen LogP contribution in [0.2, 0.25) is 0 Å². The van der Waals surface area contributed by atoms with E-state index in [-0.39, 0.29) is 6.61 Å². The van der Waals surface area contributed by atoms with Gasteiger partial charge < -0.3 is 9.51 Å². The predicted molar refractivity (Wildman–Crippen MR) is 55.2 cm³/mol. The van der Waals surface area contributed by atoms with Crippen molar-refractivity contribution in [2.24, 2.45) is 0 Å². The van der Waals surface area contributed by atoms with Crippen molar-refractivity contribution >= 4 is 5.65 Å². The highest BCUT2D eigenvalue weighted by Gasteiger charge is 2.06. The lowest BCUT2D eigenvalue weighted by atomic mass is 10.2. The fraction of sp³-hybridized carbons (Fsp3) is 0.364.